The largest absolute Gasteiger partial charge is 0.457 e. The van der Waals surface area contributed by atoms with Gasteiger partial charge in [0.05, 0.1) is 10.6 Å². The van der Waals surface area contributed by atoms with Crippen molar-refractivity contribution in [1.29, 1.82) is 0 Å². The van der Waals surface area contributed by atoms with E-state index in [1.54, 1.807) is 42.5 Å². The monoisotopic (exact) mass is 569 g/mol. The number of nitrogens with zero attached hydrogens (tertiary/aromatic N) is 2. The maximum Gasteiger partial charge on any atom is 0.264 e. The number of likely N-dealkylation sites (tertiary alicyclic amines) is 1. The number of sulfonamides is 1. The number of para-hydroxylation sites is 1. The van der Waals surface area contributed by atoms with E-state index in [0.29, 0.717) is 23.7 Å². The summed E-state index contributed by atoms with van der Waals surface area (Å²) in [6.07, 6.45) is 3.77. The van der Waals surface area contributed by atoms with Crippen molar-refractivity contribution in [2.24, 2.45) is 0 Å². The summed E-state index contributed by atoms with van der Waals surface area (Å²) in [6.45, 7) is 3.09. The van der Waals surface area contributed by atoms with Crippen molar-refractivity contribution < 1.29 is 17.9 Å². The quantitative estimate of drug-likeness (QED) is 0.241. The molecule has 0 unspecified atom stereocenters. The van der Waals surface area contributed by atoms with Crippen molar-refractivity contribution >= 4 is 21.6 Å². The van der Waals surface area contributed by atoms with Crippen LogP contribution < -0.4 is 14.4 Å². The second kappa shape index (κ2) is 13.5. The van der Waals surface area contributed by atoms with Crippen molar-refractivity contribution in [3.05, 3.63) is 120 Å². The van der Waals surface area contributed by atoms with E-state index in [1.165, 1.54) is 37.0 Å². The number of ether oxygens (including phenoxy) is 1. The van der Waals surface area contributed by atoms with E-state index in [4.69, 9.17) is 4.74 Å². The molecule has 0 aliphatic carbocycles. The molecule has 0 spiro atoms. The lowest BCUT2D eigenvalue weighted by Gasteiger charge is -2.26. The molecule has 1 aliphatic rings. The Kier molecular flexibility index (Phi) is 9.33. The van der Waals surface area contributed by atoms with Gasteiger partial charge in [0.25, 0.3) is 10.0 Å². The zero-order valence-corrected chi connectivity index (χ0v) is 23.8. The van der Waals surface area contributed by atoms with Gasteiger partial charge >= 0.3 is 0 Å². The van der Waals surface area contributed by atoms with Gasteiger partial charge in [-0.2, -0.15) is 0 Å². The highest BCUT2D eigenvalue weighted by atomic mass is 32.2. The van der Waals surface area contributed by atoms with Gasteiger partial charge in [-0.25, -0.2) is 8.42 Å². The van der Waals surface area contributed by atoms with E-state index in [0.717, 1.165) is 29.5 Å². The van der Waals surface area contributed by atoms with E-state index in [-0.39, 0.29) is 11.4 Å². The van der Waals surface area contributed by atoms with Crippen LogP contribution in [0.5, 0.6) is 11.5 Å². The van der Waals surface area contributed by atoms with Gasteiger partial charge in [-0.05, 0) is 85.6 Å². The normalized spacial score (nSPS) is 13.9. The maximum absolute atomic E-state index is 13.7. The molecule has 1 aliphatic heterocycles. The summed E-state index contributed by atoms with van der Waals surface area (Å²) >= 11 is 0. The van der Waals surface area contributed by atoms with Crippen LogP contribution in [-0.4, -0.2) is 38.9 Å². The van der Waals surface area contributed by atoms with Crippen LogP contribution in [0.2, 0.25) is 0 Å². The molecular weight excluding hydrogens is 534 g/mol. The third-order valence-electron chi connectivity index (χ3n) is 7.06. The molecule has 1 N–H and O–H groups in total. The van der Waals surface area contributed by atoms with Crippen molar-refractivity contribution in [1.82, 2.24) is 10.2 Å². The smallest absolute Gasteiger partial charge is 0.264 e. The number of amides is 1. The van der Waals surface area contributed by atoms with Gasteiger partial charge in [0.2, 0.25) is 5.91 Å². The van der Waals surface area contributed by atoms with Crippen molar-refractivity contribution in [3.8, 4) is 11.5 Å². The number of anilines is 1. The summed E-state index contributed by atoms with van der Waals surface area (Å²) in [5, 5.41) is 2.91. The molecule has 0 bridgehead atoms. The molecule has 212 valence electrons. The lowest BCUT2D eigenvalue weighted by atomic mass is 10.1. The zero-order chi connectivity index (χ0) is 28.5. The third-order valence-corrected chi connectivity index (χ3v) is 8.85. The number of rotatable bonds is 11. The number of hydrogen-bond acceptors (Lipinski definition) is 5. The Hall–Kier alpha value is -4.14. The summed E-state index contributed by atoms with van der Waals surface area (Å²) in [6, 6.07) is 32.4. The van der Waals surface area contributed by atoms with Crippen LogP contribution in [0.4, 0.5) is 5.69 Å². The molecule has 1 saturated heterocycles. The van der Waals surface area contributed by atoms with Crippen LogP contribution in [0.15, 0.2) is 114 Å². The minimum Gasteiger partial charge on any atom is -0.457 e. The van der Waals surface area contributed by atoms with E-state index in [9.17, 15) is 13.2 Å². The van der Waals surface area contributed by atoms with Crippen LogP contribution in [0.3, 0.4) is 0 Å². The lowest BCUT2D eigenvalue weighted by Crippen LogP contribution is -2.40. The average Bonchev–Trinajstić information content (AvgIpc) is 3.01. The molecule has 5 rings (SSSR count). The lowest BCUT2D eigenvalue weighted by molar-refractivity contribution is -0.119. The Balaban J connectivity index is 1.29. The summed E-state index contributed by atoms with van der Waals surface area (Å²) in [5.74, 6) is 0.842. The predicted octanol–water partition coefficient (Wildman–Crippen LogP) is 5.98. The average molecular weight is 570 g/mol. The van der Waals surface area contributed by atoms with Crippen LogP contribution in [0.1, 0.15) is 30.4 Å². The molecule has 4 aromatic carbocycles. The highest BCUT2D eigenvalue weighted by Gasteiger charge is 2.27. The summed E-state index contributed by atoms with van der Waals surface area (Å²) < 4.78 is 34.3. The van der Waals surface area contributed by atoms with Gasteiger partial charge < -0.3 is 10.1 Å². The molecule has 0 aromatic heterocycles. The van der Waals surface area contributed by atoms with Gasteiger partial charge in [-0.15, -0.1) is 0 Å². The van der Waals surface area contributed by atoms with E-state index in [1.807, 2.05) is 42.5 Å². The first-order valence-electron chi connectivity index (χ1n) is 13.9. The van der Waals surface area contributed by atoms with Crippen LogP contribution in [-0.2, 0) is 27.9 Å². The molecule has 1 fully saturated rings. The van der Waals surface area contributed by atoms with Crippen LogP contribution in [0, 0.1) is 0 Å². The Morgan fingerprint density at radius 2 is 1.39 bits per heavy atom. The number of carbonyl (C=O) groups is 1. The van der Waals surface area contributed by atoms with Gasteiger partial charge in [-0.3, -0.25) is 14.0 Å². The van der Waals surface area contributed by atoms with E-state index in [2.05, 4.69) is 22.3 Å². The highest BCUT2D eigenvalue weighted by molar-refractivity contribution is 7.92. The Bertz CT molecular complexity index is 1520. The predicted molar refractivity (Wildman–Crippen MR) is 161 cm³/mol. The number of hydrogen-bond donors (Lipinski definition) is 1. The molecule has 4 aromatic rings. The highest BCUT2D eigenvalue weighted by Crippen LogP contribution is 2.28. The summed E-state index contributed by atoms with van der Waals surface area (Å²) in [5.41, 5.74) is 2.56. The first kappa shape index (κ1) is 28.4. The zero-order valence-electron chi connectivity index (χ0n) is 23.0. The van der Waals surface area contributed by atoms with Gasteiger partial charge in [0.15, 0.2) is 0 Å². The first-order valence-corrected chi connectivity index (χ1v) is 15.4. The van der Waals surface area contributed by atoms with Crippen LogP contribution >= 0.6 is 0 Å². The van der Waals surface area contributed by atoms with Crippen molar-refractivity contribution in [3.63, 3.8) is 0 Å². The number of piperidine rings is 1. The molecule has 0 saturated carbocycles. The topological polar surface area (TPSA) is 78.9 Å². The standard InChI is InChI=1S/C33H35N3O4S/c37-33(34-24-27-11-10-12-28(23-27)25-35-21-8-3-9-22-35)26-36(41(38,39)32-15-6-2-7-16-32)29-17-19-31(20-18-29)40-30-13-4-1-5-14-30/h1-2,4-7,10-20,23H,3,8-9,21-22,24-26H2,(H,34,37). The maximum atomic E-state index is 13.7. The second-order valence-corrected chi connectivity index (χ2v) is 12.0. The SMILES string of the molecule is O=C(CN(c1ccc(Oc2ccccc2)cc1)S(=O)(=O)c1ccccc1)NCc1cccc(CN2CCCCC2)c1. The van der Waals surface area contributed by atoms with Crippen molar-refractivity contribution in [2.75, 3.05) is 23.9 Å². The fraction of sp³-hybridized carbons (Fsp3) is 0.242. The summed E-state index contributed by atoms with van der Waals surface area (Å²) in [4.78, 5) is 15.7. The molecule has 8 heteroatoms. The second-order valence-electron chi connectivity index (χ2n) is 10.2. The van der Waals surface area contributed by atoms with E-state index < -0.39 is 15.9 Å². The molecule has 41 heavy (non-hydrogen) atoms. The van der Waals surface area contributed by atoms with E-state index >= 15 is 0 Å². The number of carbonyl (C=O) groups excluding carboxylic acids is 1. The summed E-state index contributed by atoms with van der Waals surface area (Å²) in [7, 11) is -4.00. The Morgan fingerprint density at radius 1 is 0.756 bits per heavy atom. The first-order chi connectivity index (χ1) is 20.0. The minimum atomic E-state index is -4.00. The number of benzene rings is 4. The molecule has 7 nitrogen and oxygen atoms in total. The molecular formula is C33H35N3O4S. The van der Waals surface area contributed by atoms with Crippen LogP contribution in [0.25, 0.3) is 0 Å². The Labute approximate surface area is 242 Å². The molecule has 0 atom stereocenters. The molecule has 0 radical (unpaired) electrons. The fourth-order valence-electron chi connectivity index (χ4n) is 4.94. The third kappa shape index (κ3) is 7.74. The fourth-order valence-corrected chi connectivity index (χ4v) is 6.38. The Morgan fingerprint density at radius 3 is 2.10 bits per heavy atom. The van der Waals surface area contributed by atoms with Crippen molar-refractivity contribution in [2.45, 2.75) is 37.2 Å². The molecule has 1 heterocycles. The van der Waals surface area contributed by atoms with Gasteiger partial charge in [0.1, 0.15) is 18.0 Å². The van der Waals surface area contributed by atoms with Gasteiger partial charge in [0, 0.05) is 13.1 Å². The van der Waals surface area contributed by atoms with Gasteiger partial charge in [-0.1, -0.05) is 67.1 Å². The minimum absolute atomic E-state index is 0.114. The molecule has 1 amide bonds. The number of nitrogens with one attached hydrogen (secondary N) is 1.